The van der Waals surface area contributed by atoms with E-state index in [1.165, 1.54) is 0 Å². The Kier molecular flexibility index (Phi) is 10.8. The van der Waals surface area contributed by atoms with Gasteiger partial charge in [-0.15, -0.1) is 0 Å². The SMILES string of the molecule is N#Cc1ccc(-c2ccc3c(c2)c2ccccc2n3-c2cccnc2-c2c(-c3nc(-c4ccccc4)nc(-c4ccccc4)n3)cccc2-n2c3ccccc3c3cc(-c4ccc(C#N)cc4C#N)ccc32)c(C#N)c1. The van der Waals surface area contributed by atoms with Crippen LogP contribution in [0.1, 0.15) is 22.3 Å². The summed E-state index contributed by atoms with van der Waals surface area (Å²) in [6.45, 7) is 0. The summed E-state index contributed by atoms with van der Waals surface area (Å²) in [5.41, 5.74) is 14.1. The molecule has 76 heavy (non-hydrogen) atoms. The van der Waals surface area contributed by atoms with Crippen molar-refractivity contribution in [1.82, 2.24) is 29.1 Å². The summed E-state index contributed by atoms with van der Waals surface area (Å²) in [4.78, 5) is 21.1. The molecule has 0 spiro atoms. The molecule has 4 heterocycles. The first-order valence-electron chi connectivity index (χ1n) is 24.4. The lowest BCUT2D eigenvalue weighted by atomic mass is 9.96. The number of pyridine rings is 1. The molecule has 0 aliphatic heterocycles. The molecule has 13 rings (SSSR count). The van der Waals surface area contributed by atoms with E-state index in [-0.39, 0.29) is 0 Å². The summed E-state index contributed by atoms with van der Waals surface area (Å²) in [7, 11) is 0. The number of aromatic nitrogens is 6. The second kappa shape index (κ2) is 18.4. The first kappa shape index (κ1) is 44.6. The van der Waals surface area contributed by atoms with Crippen molar-refractivity contribution in [3.63, 3.8) is 0 Å². The van der Waals surface area contributed by atoms with Crippen LogP contribution in [0.15, 0.2) is 219 Å². The van der Waals surface area contributed by atoms with Crippen molar-refractivity contribution in [1.29, 1.82) is 21.0 Å². The Morgan fingerprint density at radius 2 is 0.803 bits per heavy atom. The van der Waals surface area contributed by atoms with E-state index >= 15 is 0 Å². The fourth-order valence-electron chi connectivity index (χ4n) is 10.6. The van der Waals surface area contributed by atoms with Gasteiger partial charge >= 0.3 is 0 Å². The minimum atomic E-state index is 0.421. The van der Waals surface area contributed by atoms with Gasteiger partial charge in [0.05, 0.1) is 85.7 Å². The predicted octanol–water partition coefficient (Wildman–Crippen LogP) is 14.9. The molecule has 0 saturated heterocycles. The zero-order chi connectivity index (χ0) is 51.3. The number of para-hydroxylation sites is 2. The second-order valence-electron chi connectivity index (χ2n) is 18.2. The molecule has 13 aromatic rings. The summed E-state index contributed by atoms with van der Waals surface area (Å²) < 4.78 is 4.53. The van der Waals surface area contributed by atoms with Gasteiger partial charge in [0, 0.05) is 50.0 Å². The van der Waals surface area contributed by atoms with Crippen LogP contribution in [0.3, 0.4) is 0 Å². The molecule has 350 valence electrons. The standard InChI is InChI=1S/C66H36N10/c67-37-41-24-28-49(47(33-41)39-69)45-26-30-58-54(35-45)51-17-7-9-20-56(51)75(58)60-22-11-19-53(66-73-64(43-13-3-1-4-14-43)72-65(74-66)44-15-5-2-6-16-44)62(60)63-61(23-12-32-71-63)76-57-21-10-8-18-52(57)55-36-46(27-31-59(55)76)50-29-25-42(38-68)34-48(50)40-70/h1-36H. The van der Waals surface area contributed by atoms with Crippen LogP contribution < -0.4 is 0 Å². The quantitative estimate of drug-likeness (QED) is 0.146. The summed E-state index contributed by atoms with van der Waals surface area (Å²) in [6, 6.07) is 78.6. The highest BCUT2D eigenvalue weighted by Crippen LogP contribution is 2.45. The molecular weight excluding hydrogens is 933 g/mol. The molecule has 0 amide bonds. The van der Waals surface area contributed by atoms with Crippen molar-refractivity contribution in [2.24, 2.45) is 0 Å². The summed E-state index contributed by atoms with van der Waals surface area (Å²) in [5.74, 6) is 1.49. The van der Waals surface area contributed by atoms with Gasteiger partial charge in [-0.2, -0.15) is 21.0 Å². The lowest BCUT2D eigenvalue weighted by Crippen LogP contribution is -2.06. The third kappa shape index (κ3) is 7.39. The van der Waals surface area contributed by atoms with Gasteiger partial charge in [-0.1, -0.05) is 133 Å². The third-order valence-corrected chi connectivity index (χ3v) is 14.0. The Balaban J connectivity index is 1.11. The molecule has 10 nitrogen and oxygen atoms in total. The van der Waals surface area contributed by atoms with Crippen LogP contribution >= 0.6 is 0 Å². The molecule has 0 aliphatic carbocycles. The highest BCUT2D eigenvalue weighted by molar-refractivity contribution is 6.13. The molecule has 0 N–H and O–H groups in total. The zero-order valence-electron chi connectivity index (χ0n) is 40.3. The maximum atomic E-state index is 10.3. The molecule has 0 unspecified atom stereocenters. The van der Waals surface area contributed by atoms with Crippen molar-refractivity contribution < 1.29 is 0 Å². The number of nitriles is 4. The van der Waals surface area contributed by atoms with Crippen LogP contribution in [0.5, 0.6) is 0 Å². The van der Waals surface area contributed by atoms with Crippen LogP contribution in [0.25, 0.3) is 123 Å². The van der Waals surface area contributed by atoms with E-state index in [4.69, 9.17) is 19.9 Å². The van der Waals surface area contributed by atoms with Crippen molar-refractivity contribution in [3.05, 3.63) is 241 Å². The van der Waals surface area contributed by atoms with Gasteiger partial charge < -0.3 is 9.13 Å². The van der Waals surface area contributed by atoms with E-state index in [9.17, 15) is 21.0 Å². The highest BCUT2D eigenvalue weighted by Gasteiger charge is 2.26. The van der Waals surface area contributed by atoms with Crippen molar-refractivity contribution in [3.8, 4) is 103 Å². The Labute approximate surface area is 435 Å². The lowest BCUT2D eigenvalue weighted by molar-refractivity contribution is 1.07. The Bertz CT molecular complexity index is 4640. The van der Waals surface area contributed by atoms with E-state index in [0.29, 0.717) is 45.4 Å². The fourth-order valence-corrected chi connectivity index (χ4v) is 10.6. The van der Waals surface area contributed by atoms with Crippen LogP contribution in [0.4, 0.5) is 0 Å². The first-order valence-corrected chi connectivity index (χ1v) is 24.4. The average molecular weight is 969 g/mol. The molecule has 0 fully saturated rings. The average Bonchev–Trinajstić information content (AvgIpc) is 4.13. The minimum Gasteiger partial charge on any atom is -0.309 e. The number of hydrogen-bond donors (Lipinski definition) is 0. The van der Waals surface area contributed by atoms with Crippen LogP contribution in [-0.2, 0) is 0 Å². The van der Waals surface area contributed by atoms with Crippen molar-refractivity contribution >= 4 is 43.6 Å². The normalized spacial score (nSPS) is 11.1. The Hall–Kier alpha value is -11.3. The van der Waals surface area contributed by atoms with E-state index in [0.717, 1.165) is 99.5 Å². The number of benzene rings is 9. The lowest BCUT2D eigenvalue weighted by Gasteiger charge is -2.20. The molecule has 10 heteroatoms. The van der Waals surface area contributed by atoms with Gasteiger partial charge in [-0.25, -0.2) is 15.0 Å². The number of hydrogen-bond acceptors (Lipinski definition) is 8. The molecule has 0 radical (unpaired) electrons. The molecule has 0 saturated carbocycles. The maximum absolute atomic E-state index is 10.3. The van der Waals surface area contributed by atoms with Gasteiger partial charge in [0.15, 0.2) is 17.5 Å². The Morgan fingerprint density at radius 3 is 1.33 bits per heavy atom. The molecule has 4 aromatic heterocycles. The second-order valence-corrected chi connectivity index (χ2v) is 18.2. The van der Waals surface area contributed by atoms with Crippen LogP contribution in [-0.4, -0.2) is 29.1 Å². The smallest absolute Gasteiger partial charge is 0.164 e. The fraction of sp³-hybridized carbons (Fsp3) is 0. The van der Waals surface area contributed by atoms with E-state index < -0.39 is 0 Å². The van der Waals surface area contributed by atoms with Gasteiger partial charge in [0.1, 0.15) is 0 Å². The highest BCUT2D eigenvalue weighted by atomic mass is 15.0. The predicted molar refractivity (Wildman–Crippen MR) is 298 cm³/mol. The molecule has 9 aromatic carbocycles. The van der Waals surface area contributed by atoms with E-state index in [1.807, 2.05) is 128 Å². The van der Waals surface area contributed by atoms with Crippen LogP contribution in [0.2, 0.25) is 0 Å². The molecule has 0 bridgehead atoms. The largest absolute Gasteiger partial charge is 0.309 e. The van der Waals surface area contributed by atoms with Gasteiger partial charge in [0.25, 0.3) is 0 Å². The van der Waals surface area contributed by atoms with Gasteiger partial charge in [0.2, 0.25) is 0 Å². The van der Waals surface area contributed by atoms with Gasteiger partial charge in [-0.3, -0.25) is 4.98 Å². The summed E-state index contributed by atoms with van der Waals surface area (Å²) in [6.07, 6.45) is 1.82. The monoisotopic (exact) mass is 968 g/mol. The zero-order valence-corrected chi connectivity index (χ0v) is 40.3. The van der Waals surface area contributed by atoms with E-state index in [1.54, 1.807) is 24.3 Å². The summed E-state index contributed by atoms with van der Waals surface area (Å²) >= 11 is 0. The number of rotatable bonds is 8. The summed E-state index contributed by atoms with van der Waals surface area (Å²) in [5, 5.41) is 43.7. The number of nitrogens with zero attached hydrogens (tertiary/aromatic N) is 10. The van der Waals surface area contributed by atoms with Crippen molar-refractivity contribution in [2.45, 2.75) is 0 Å². The molecular formula is C66H36N10. The first-order chi connectivity index (χ1) is 37.5. The maximum Gasteiger partial charge on any atom is 0.164 e. The minimum absolute atomic E-state index is 0.421. The number of fused-ring (bicyclic) bond motifs is 6. The topological polar surface area (TPSA) is 157 Å². The third-order valence-electron chi connectivity index (χ3n) is 14.0. The molecule has 0 atom stereocenters. The van der Waals surface area contributed by atoms with E-state index in [2.05, 4.69) is 100 Å². The van der Waals surface area contributed by atoms with Gasteiger partial charge in [-0.05, 0) is 101 Å². The molecule has 0 aliphatic rings. The van der Waals surface area contributed by atoms with Crippen LogP contribution in [0, 0.1) is 45.3 Å². The van der Waals surface area contributed by atoms with Crippen molar-refractivity contribution in [2.75, 3.05) is 0 Å². The Morgan fingerprint density at radius 1 is 0.329 bits per heavy atom.